The largest absolute Gasteiger partial charge is 0.349 e. The molecule has 1 aromatic carbocycles. The lowest BCUT2D eigenvalue weighted by Gasteiger charge is -2.22. The lowest BCUT2D eigenvalue weighted by Crippen LogP contribution is -2.36. The first-order valence-corrected chi connectivity index (χ1v) is 11.8. The van der Waals surface area contributed by atoms with Crippen LogP contribution in [0.15, 0.2) is 29.3 Å². The number of rotatable bonds is 3. The summed E-state index contributed by atoms with van der Waals surface area (Å²) in [5.41, 5.74) is 1.51. The van der Waals surface area contributed by atoms with E-state index in [4.69, 9.17) is 0 Å². The highest BCUT2D eigenvalue weighted by Crippen LogP contribution is 2.34. The molecule has 1 saturated carbocycles. The van der Waals surface area contributed by atoms with Crippen molar-refractivity contribution in [2.45, 2.75) is 49.4 Å². The molecule has 0 bridgehead atoms. The molecule has 0 radical (unpaired) electrons. The van der Waals surface area contributed by atoms with Crippen molar-refractivity contribution in [2.75, 3.05) is 16.8 Å². The minimum absolute atomic E-state index is 0.0178. The van der Waals surface area contributed by atoms with Gasteiger partial charge < -0.3 is 10.6 Å². The molecule has 4 rings (SSSR count). The van der Waals surface area contributed by atoms with Crippen LogP contribution in [0.5, 0.6) is 0 Å². The fourth-order valence-electron chi connectivity index (χ4n) is 3.76. The highest BCUT2D eigenvalue weighted by atomic mass is 32.2. The Labute approximate surface area is 158 Å². The van der Waals surface area contributed by atoms with Crippen molar-refractivity contribution in [3.8, 4) is 0 Å². The van der Waals surface area contributed by atoms with Crippen LogP contribution in [0.25, 0.3) is 0 Å². The third-order valence-electron chi connectivity index (χ3n) is 5.16. The molecule has 26 heavy (non-hydrogen) atoms. The Morgan fingerprint density at radius 3 is 2.50 bits per heavy atom. The molecule has 0 aromatic heterocycles. The Bertz CT molecular complexity index is 815. The summed E-state index contributed by atoms with van der Waals surface area (Å²) in [6.45, 7) is 0. The number of anilines is 1. The van der Waals surface area contributed by atoms with Crippen LogP contribution in [0.3, 0.4) is 0 Å². The Kier molecular flexibility index (Phi) is 4.96. The van der Waals surface area contributed by atoms with Gasteiger partial charge in [-0.25, -0.2) is 8.42 Å². The number of benzene rings is 1. The van der Waals surface area contributed by atoms with Crippen molar-refractivity contribution in [1.82, 2.24) is 5.32 Å². The van der Waals surface area contributed by atoms with Crippen molar-refractivity contribution in [1.29, 1.82) is 0 Å². The molecule has 2 fully saturated rings. The van der Waals surface area contributed by atoms with E-state index in [0.717, 1.165) is 23.7 Å². The van der Waals surface area contributed by atoms with E-state index in [1.54, 1.807) is 0 Å². The second kappa shape index (κ2) is 7.23. The molecular formula is C18H23N3O3S2. The van der Waals surface area contributed by atoms with Crippen LogP contribution >= 0.6 is 11.8 Å². The Morgan fingerprint density at radius 1 is 1.08 bits per heavy atom. The molecule has 6 nitrogen and oxygen atoms in total. The van der Waals surface area contributed by atoms with Gasteiger partial charge in [0.2, 0.25) is 0 Å². The van der Waals surface area contributed by atoms with E-state index in [1.807, 2.05) is 24.3 Å². The van der Waals surface area contributed by atoms with Crippen LogP contribution in [-0.2, 0) is 9.84 Å². The number of sulfone groups is 1. The van der Waals surface area contributed by atoms with E-state index in [-0.39, 0.29) is 28.7 Å². The van der Waals surface area contributed by atoms with Crippen LogP contribution in [-0.4, -0.2) is 48.3 Å². The van der Waals surface area contributed by atoms with Crippen LogP contribution in [0.2, 0.25) is 0 Å². The first-order valence-electron chi connectivity index (χ1n) is 9.11. The molecule has 2 aliphatic heterocycles. The standard InChI is InChI=1S/C18H23N3O3S2/c22-17(19-13-4-2-1-3-5-13)12-6-8-14(9-7-12)20-18-21-15-10-26(23,24)11-16(15)25-18/h6-9,13,15-16H,1-5,10-11H2,(H,19,22)(H,20,21)/t15-,16+/m1/s1. The summed E-state index contributed by atoms with van der Waals surface area (Å²) in [5.74, 6) is 0.337. The zero-order chi connectivity index (χ0) is 18.1. The first-order chi connectivity index (χ1) is 12.5. The van der Waals surface area contributed by atoms with Crippen molar-refractivity contribution in [2.24, 2.45) is 4.99 Å². The number of hydrogen-bond acceptors (Lipinski definition) is 6. The monoisotopic (exact) mass is 393 g/mol. The van der Waals surface area contributed by atoms with E-state index in [9.17, 15) is 13.2 Å². The number of fused-ring (bicyclic) bond motifs is 1. The molecule has 0 unspecified atom stereocenters. The van der Waals surface area contributed by atoms with Gasteiger partial charge in [0.15, 0.2) is 15.0 Å². The van der Waals surface area contributed by atoms with Gasteiger partial charge in [0.1, 0.15) is 0 Å². The number of carbonyl (C=O) groups is 1. The summed E-state index contributed by atoms with van der Waals surface area (Å²) < 4.78 is 23.2. The molecule has 2 heterocycles. The number of amides is 1. The molecule has 1 amide bonds. The molecule has 1 saturated heterocycles. The van der Waals surface area contributed by atoms with E-state index in [1.165, 1.54) is 31.0 Å². The summed E-state index contributed by atoms with van der Waals surface area (Å²) in [6, 6.07) is 7.52. The second-order valence-electron chi connectivity index (χ2n) is 7.25. The number of nitrogens with one attached hydrogen (secondary N) is 2. The third-order valence-corrected chi connectivity index (χ3v) is 8.30. The van der Waals surface area contributed by atoms with Gasteiger partial charge in [-0.3, -0.25) is 9.79 Å². The highest BCUT2D eigenvalue weighted by molar-refractivity contribution is 8.15. The van der Waals surface area contributed by atoms with Crippen molar-refractivity contribution < 1.29 is 13.2 Å². The SMILES string of the molecule is O=C(NC1CCCCC1)c1ccc(NC2=N[C@@H]3CS(=O)(=O)C[C@@H]3S2)cc1. The van der Waals surface area contributed by atoms with Gasteiger partial charge in [0.05, 0.1) is 17.5 Å². The van der Waals surface area contributed by atoms with Gasteiger partial charge in [-0.05, 0) is 37.1 Å². The molecule has 140 valence electrons. The maximum absolute atomic E-state index is 12.3. The predicted octanol–water partition coefficient (Wildman–Crippen LogP) is 2.43. The van der Waals surface area contributed by atoms with Gasteiger partial charge in [-0.1, -0.05) is 31.0 Å². The summed E-state index contributed by atoms with van der Waals surface area (Å²) in [4.78, 5) is 16.8. The van der Waals surface area contributed by atoms with Crippen molar-refractivity contribution in [3.63, 3.8) is 0 Å². The van der Waals surface area contributed by atoms with E-state index >= 15 is 0 Å². The summed E-state index contributed by atoms with van der Waals surface area (Å²) in [7, 11) is -2.93. The molecule has 3 aliphatic rings. The topological polar surface area (TPSA) is 87.6 Å². The van der Waals surface area contributed by atoms with Crippen LogP contribution in [0.4, 0.5) is 5.69 Å². The maximum Gasteiger partial charge on any atom is 0.251 e. The lowest BCUT2D eigenvalue weighted by atomic mass is 9.95. The number of nitrogens with zero attached hydrogens (tertiary/aromatic N) is 1. The van der Waals surface area contributed by atoms with Gasteiger partial charge in [0.25, 0.3) is 5.91 Å². The van der Waals surface area contributed by atoms with E-state index in [2.05, 4.69) is 15.6 Å². The minimum atomic E-state index is -2.93. The second-order valence-corrected chi connectivity index (χ2v) is 10.6. The zero-order valence-corrected chi connectivity index (χ0v) is 16.1. The number of thioether (sulfide) groups is 1. The highest BCUT2D eigenvalue weighted by Gasteiger charge is 2.42. The van der Waals surface area contributed by atoms with E-state index < -0.39 is 9.84 Å². The third kappa shape index (κ3) is 4.06. The summed E-state index contributed by atoms with van der Waals surface area (Å²) >= 11 is 1.49. The van der Waals surface area contributed by atoms with Crippen molar-refractivity contribution >= 4 is 38.4 Å². The van der Waals surface area contributed by atoms with Gasteiger partial charge >= 0.3 is 0 Å². The van der Waals surface area contributed by atoms with Crippen LogP contribution in [0, 0.1) is 0 Å². The first kappa shape index (κ1) is 17.9. The predicted molar refractivity (Wildman–Crippen MR) is 106 cm³/mol. The molecular weight excluding hydrogens is 370 g/mol. The number of amidine groups is 1. The molecule has 2 N–H and O–H groups in total. The maximum atomic E-state index is 12.3. The normalized spacial score (nSPS) is 27.6. The summed E-state index contributed by atoms with van der Waals surface area (Å²) in [5, 5.41) is 7.14. The van der Waals surface area contributed by atoms with Gasteiger partial charge in [-0.15, -0.1) is 0 Å². The fourth-order valence-corrected chi connectivity index (χ4v) is 7.44. The minimum Gasteiger partial charge on any atom is -0.349 e. The average Bonchev–Trinajstić information content (AvgIpc) is 3.09. The van der Waals surface area contributed by atoms with Crippen molar-refractivity contribution in [3.05, 3.63) is 29.8 Å². The van der Waals surface area contributed by atoms with Crippen LogP contribution in [0.1, 0.15) is 42.5 Å². The Hall–Kier alpha value is -1.54. The molecule has 8 heteroatoms. The Morgan fingerprint density at radius 2 is 1.81 bits per heavy atom. The van der Waals surface area contributed by atoms with Crippen LogP contribution < -0.4 is 10.6 Å². The number of hydrogen-bond donors (Lipinski definition) is 2. The fraction of sp³-hybridized carbons (Fsp3) is 0.556. The van der Waals surface area contributed by atoms with E-state index in [0.29, 0.717) is 11.6 Å². The number of carbonyl (C=O) groups excluding carboxylic acids is 1. The Balaban J connectivity index is 1.34. The lowest BCUT2D eigenvalue weighted by molar-refractivity contribution is 0.0927. The smallest absolute Gasteiger partial charge is 0.251 e. The average molecular weight is 394 g/mol. The molecule has 0 spiro atoms. The quantitative estimate of drug-likeness (QED) is 0.823. The number of aliphatic imine (C=N–C) groups is 1. The van der Waals surface area contributed by atoms with Gasteiger partial charge in [0, 0.05) is 22.5 Å². The zero-order valence-electron chi connectivity index (χ0n) is 14.5. The molecule has 2 atom stereocenters. The molecule has 1 aromatic rings. The van der Waals surface area contributed by atoms with Gasteiger partial charge in [-0.2, -0.15) is 0 Å². The molecule has 1 aliphatic carbocycles. The summed E-state index contributed by atoms with van der Waals surface area (Å²) in [6.07, 6.45) is 5.79.